The Balaban J connectivity index is 1.62. The van der Waals surface area contributed by atoms with Crippen LogP contribution in [-0.2, 0) is 22.6 Å². The molecule has 1 aromatic carbocycles. The van der Waals surface area contributed by atoms with Gasteiger partial charge < -0.3 is 20.4 Å². The molecule has 0 aromatic heterocycles. The smallest absolute Gasteiger partial charge is 0.224 e. The highest BCUT2D eigenvalue weighted by Crippen LogP contribution is 2.28. The van der Waals surface area contributed by atoms with Gasteiger partial charge in [0.1, 0.15) is 0 Å². The number of hydrogen-bond acceptors (Lipinski definition) is 4. The molecule has 3 unspecified atom stereocenters. The van der Waals surface area contributed by atoms with Crippen LogP contribution in [0.4, 0.5) is 0 Å². The molecular weight excluding hydrogens is 404 g/mol. The van der Waals surface area contributed by atoms with E-state index in [1.807, 2.05) is 24.3 Å². The van der Waals surface area contributed by atoms with E-state index in [-0.39, 0.29) is 43.5 Å². The molecular formula is C26H38N2O4. The monoisotopic (exact) mass is 442 g/mol. The third-order valence-corrected chi connectivity index (χ3v) is 7.04. The van der Waals surface area contributed by atoms with Crippen LogP contribution in [0, 0.1) is 11.8 Å². The highest BCUT2D eigenvalue weighted by atomic mass is 16.3. The van der Waals surface area contributed by atoms with Gasteiger partial charge in [-0.05, 0) is 36.3 Å². The number of carbonyl (C=O) groups is 2. The molecule has 176 valence electrons. The molecule has 1 aliphatic heterocycles. The first kappa shape index (κ1) is 24.5. The number of rotatable bonds is 10. The second-order valence-electron chi connectivity index (χ2n) is 9.38. The SMILES string of the molecule is C=CCC(CC(=O)N1Cc2ccccc2CC1CO)C(=O)NC(CO)CC1CCCCC1. The fourth-order valence-corrected chi connectivity index (χ4v) is 5.18. The summed E-state index contributed by atoms with van der Waals surface area (Å²) in [7, 11) is 0. The Kier molecular flexibility index (Phi) is 9.30. The number of nitrogens with one attached hydrogen (secondary N) is 1. The third kappa shape index (κ3) is 6.42. The first-order valence-electron chi connectivity index (χ1n) is 12.0. The molecule has 6 heteroatoms. The van der Waals surface area contributed by atoms with Crippen molar-refractivity contribution in [3.63, 3.8) is 0 Å². The predicted molar refractivity (Wildman–Crippen MR) is 125 cm³/mol. The summed E-state index contributed by atoms with van der Waals surface area (Å²) < 4.78 is 0. The third-order valence-electron chi connectivity index (χ3n) is 7.04. The standard InChI is InChI=1S/C26H38N2O4/c1-2-8-21(26(32)27-23(17-29)13-19-9-4-3-5-10-19)15-25(31)28-16-22-12-7-6-11-20(22)14-24(28)18-30/h2,6-7,11-12,19,21,23-24,29-30H,1,3-5,8-10,13-18H2,(H,27,32). The van der Waals surface area contributed by atoms with Crippen LogP contribution < -0.4 is 5.32 Å². The molecule has 1 heterocycles. The average molecular weight is 443 g/mol. The largest absolute Gasteiger partial charge is 0.394 e. The van der Waals surface area contributed by atoms with Crippen LogP contribution in [0.1, 0.15) is 62.5 Å². The van der Waals surface area contributed by atoms with E-state index in [1.54, 1.807) is 11.0 Å². The zero-order valence-corrected chi connectivity index (χ0v) is 19.0. The molecule has 1 saturated carbocycles. The average Bonchev–Trinajstić information content (AvgIpc) is 2.82. The number of fused-ring (bicyclic) bond motifs is 1. The van der Waals surface area contributed by atoms with Crippen LogP contribution in [-0.4, -0.2) is 52.2 Å². The van der Waals surface area contributed by atoms with E-state index in [2.05, 4.69) is 11.9 Å². The lowest BCUT2D eigenvalue weighted by Crippen LogP contribution is -2.48. The number of carbonyl (C=O) groups excluding carboxylic acids is 2. The van der Waals surface area contributed by atoms with Crippen LogP contribution in [0.25, 0.3) is 0 Å². The van der Waals surface area contributed by atoms with Gasteiger partial charge in [-0.2, -0.15) is 0 Å². The lowest BCUT2D eigenvalue weighted by molar-refractivity contribution is -0.140. The van der Waals surface area contributed by atoms with Gasteiger partial charge in [-0.1, -0.05) is 62.4 Å². The van der Waals surface area contributed by atoms with E-state index in [9.17, 15) is 19.8 Å². The zero-order chi connectivity index (χ0) is 22.9. The van der Waals surface area contributed by atoms with E-state index in [1.165, 1.54) is 19.3 Å². The van der Waals surface area contributed by atoms with Crippen molar-refractivity contribution in [2.24, 2.45) is 11.8 Å². The van der Waals surface area contributed by atoms with E-state index < -0.39 is 5.92 Å². The Hall–Kier alpha value is -2.18. The Morgan fingerprint density at radius 1 is 1.16 bits per heavy atom. The van der Waals surface area contributed by atoms with Gasteiger partial charge in [0.2, 0.25) is 11.8 Å². The van der Waals surface area contributed by atoms with Crippen molar-refractivity contribution >= 4 is 11.8 Å². The van der Waals surface area contributed by atoms with Crippen LogP contribution in [0.3, 0.4) is 0 Å². The van der Waals surface area contributed by atoms with Crippen LogP contribution in [0.5, 0.6) is 0 Å². The fraction of sp³-hybridized carbons (Fsp3) is 0.615. The molecule has 1 fully saturated rings. The number of aliphatic hydroxyl groups is 2. The fourth-order valence-electron chi connectivity index (χ4n) is 5.18. The molecule has 32 heavy (non-hydrogen) atoms. The summed E-state index contributed by atoms with van der Waals surface area (Å²) in [6.45, 7) is 4.01. The molecule has 0 spiro atoms. The van der Waals surface area contributed by atoms with Crippen molar-refractivity contribution < 1.29 is 19.8 Å². The summed E-state index contributed by atoms with van der Waals surface area (Å²) in [5.74, 6) is -0.323. The Morgan fingerprint density at radius 3 is 2.53 bits per heavy atom. The molecule has 2 amide bonds. The van der Waals surface area contributed by atoms with Crippen molar-refractivity contribution in [1.29, 1.82) is 0 Å². The topological polar surface area (TPSA) is 89.9 Å². The first-order valence-corrected chi connectivity index (χ1v) is 12.0. The minimum Gasteiger partial charge on any atom is -0.394 e. The number of benzene rings is 1. The quantitative estimate of drug-likeness (QED) is 0.486. The highest BCUT2D eigenvalue weighted by molar-refractivity contribution is 5.86. The van der Waals surface area contributed by atoms with E-state index >= 15 is 0 Å². The summed E-state index contributed by atoms with van der Waals surface area (Å²) in [6, 6.07) is 7.42. The molecule has 1 aliphatic carbocycles. The summed E-state index contributed by atoms with van der Waals surface area (Å²) in [4.78, 5) is 27.9. The lowest BCUT2D eigenvalue weighted by atomic mass is 9.84. The number of hydrogen-bond donors (Lipinski definition) is 3. The molecule has 0 radical (unpaired) electrons. The molecule has 1 aromatic rings. The van der Waals surface area contributed by atoms with Crippen molar-refractivity contribution in [1.82, 2.24) is 10.2 Å². The van der Waals surface area contributed by atoms with E-state index in [0.29, 0.717) is 25.3 Å². The molecule has 0 saturated heterocycles. The van der Waals surface area contributed by atoms with Gasteiger partial charge in [-0.25, -0.2) is 0 Å². The molecule has 2 aliphatic rings. The maximum Gasteiger partial charge on any atom is 0.224 e. The van der Waals surface area contributed by atoms with Gasteiger partial charge in [0.05, 0.1) is 31.2 Å². The van der Waals surface area contributed by atoms with Gasteiger partial charge >= 0.3 is 0 Å². The maximum atomic E-state index is 13.2. The van der Waals surface area contributed by atoms with Crippen molar-refractivity contribution in [3.05, 3.63) is 48.0 Å². The number of nitrogens with zero attached hydrogens (tertiary/aromatic N) is 1. The second-order valence-corrected chi connectivity index (χ2v) is 9.38. The summed E-state index contributed by atoms with van der Waals surface area (Å²) >= 11 is 0. The Bertz CT molecular complexity index is 775. The Labute approximate surface area is 191 Å². The Morgan fingerprint density at radius 2 is 1.88 bits per heavy atom. The predicted octanol–water partition coefficient (Wildman–Crippen LogP) is 2.96. The normalized spacial score (nSPS) is 20.8. The maximum absolute atomic E-state index is 13.2. The number of allylic oxidation sites excluding steroid dienone is 1. The first-order chi connectivity index (χ1) is 15.5. The summed E-state index contributed by atoms with van der Waals surface area (Å²) in [5, 5.41) is 22.7. The zero-order valence-electron chi connectivity index (χ0n) is 19.0. The van der Waals surface area contributed by atoms with Crippen molar-refractivity contribution in [2.75, 3.05) is 13.2 Å². The van der Waals surface area contributed by atoms with Crippen molar-refractivity contribution in [3.8, 4) is 0 Å². The van der Waals surface area contributed by atoms with Gasteiger partial charge in [0.25, 0.3) is 0 Å². The summed E-state index contributed by atoms with van der Waals surface area (Å²) in [6.07, 6.45) is 9.54. The molecule has 0 bridgehead atoms. The van der Waals surface area contributed by atoms with Crippen LogP contribution in [0.15, 0.2) is 36.9 Å². The van der Waals surface area contributed by atoms with Crippen LogP contribution >= 0.6 is 0 Å². The van der Waals surface area contributed by atoms with Gasteiger partial charge in [-0.3, -0.25) is 9.59 Å². The number of aliphatic hydroxyl groups excluding tert-OH is 2. The van der Waals surface area contributed by atoms with Crippen molar-refractivity contribution in [2.45, 2.75) is 76.4 Å². The van der Waals surface area contributed by atoms with Crippen LogP contribution in [0.2, 0.25) is 0 Å². The second kappa shape index (κ2) is 12.2. The van der Waals surface area contributed by atoms with Gasteiger partial charge in [0, 0.05) is 13.0 Å². The summed E-state index contributed by atoms with van der Waals surface area (Å²) in [5.41, 5.74) is 2.24. The van der Waals surface area contributed by atoms with E-state index in [0.717, 1.165) is 30.4 Å². The van der Waals surface area contributed by atoms with Gasteiger partial charge in [-0.15, -0.1) is 6.58 Å². The molecule has 6 nitrogen and oxygen atoms in total. The lowest BCUT2D eigenvalue weighted by Gasteiger charge is -2.36. The van der Waals surface area contributed by atoms with Gasteiger partial charge in [0.15, 0.2) is 0 Å². The minimum absolute atomic E-state index is 0.0676. The highest BCUT2D eigenvalue weighted by Gasteiger charge is 2.32. The molecule has 3 N–H and O–H groups in total. The molecule has 3 atom stereocenters. The van der Waals surface area contributed by atoms with E-state index in [4.69, 9.17) is 0 Å². The number of amides is 2. The minimum atomic E-state index is -0.531. The molecule has 3 rings (SSSR count).